The summed E-state index contributed by atoms with van der Waals surface area (Å²) in [6, 6.07) is 0. The number of carbonyl (C=O) groups is 2. The number of hydrogen-bond donors (Lipinski definition) is 0. The minimum Gasteiger partial charge on any atom is -0.479 e. The Kier molecular flexibility index (Phi) is 11.3. The molecule has 14 nitrogen and oxygen atoms in total. The summed E-state index contributed by atoms with van der Waals surface area (Å²) in [5, 5.41) is 0. The number of carbonyl (C=O) groups excluding carboxylic acids is 2. The number of methoxy groups -OCH3 is 1. The van der Waals surface area contributed by atoms with Gasteiger partial charge in [0.1, 0.15) is 24.1 Å². The molecule has 0 aliphatic carbocycles. The Morgan fingerprint density at radius 2 is 1.51 bits per heavy atom. The van der Waals surface area contributed by atoms with Gasteiger partial charge in [0.15, 0.2) is 5.52 Å². The first kappa shape index (κ1) is 34.0. The summed E-state index contributed by atoms with van der Waals surface area (Å²) in [6.07, 6.45) is 0.658. The summed E-state index contributed by atoms with van der Waals surface area (Å²) in [7, 11) is -2.07. The van der Waals surface area contributed by atoms with Gasteiger partial charge in [-0.3, -0.25) is 4.57 Å². The lowest BCUT2D eigenvalue weighted by molar-refractivity contribution is 0.0426. The van der Waals surface area contributed by atoms with Crippen molar-refractivity contribution in [3.05, 3.63) is 18.2 Å². The summed E-state index contributed by atoms with van der Waals surface area (Å²) < 4.78 is 41.4. The minimum atomic E-state index is -3.43. The van der Waals surface area contributed by atoms with Crippen LogP contribution in [-0.2, 0) is 23.1 Å². The molecule has 0 aliphatic heterocycles. The average molecular weight is 600 g/mol. The predicted octanol–water partition coefficient (Wildman–Crippen LogP) is 5.89. The number of imide groups is 1. The zero-order chi connectivity index (χ0) is 31.2. The van der Waals surface area contributed by atoms with E-state index in [9.17, 15) is 14.2 Å². The van der Waals surface area contributed by atoms with Crippen molar-refractivity contribution < 1.29 is 42.2 Å². The van der Waals surface area contributed by atoms with Crippen molar-refractivity contribution in [1.82, 2.24) is 19.7 Å². The van der Waals surface area contributed by atoms with Crippen LogP contribution in [0.1, 0.15) is 75.7 Å². The van der Waals surface area contributed by atoms with E-state index in [-0.39, 0.29) is 41.8 Å². The molecule has 2 aromatic rings. The molecule has 41 heavy (non-hydrogen) atoms. The van der Waals surface area contributed by atoms with Gasteiger partial charge in [-0.05, 0) is 69.2 Å². The second kappa shape index (κ2) is 13.6. The first-order valence-corrected chi connectivity index (χ1v) is 14.8. The van der Waals surface area contributed by atoms with Crippen LogP contribution in [0.3, 0.4) is 0 Å². The maximum atomic E-state index is 13.1. The van der Waals surface area contributed by atoms with E-state index in [4.69, 9.17) is 28.1 Å². The summed E-state index contributed by atoms with van der Waals surface area (Å²) in [5.74, 6) is 1.04. The third-order valence-electron chi connectivity index (χ3n) is 4.39. The number of rotatable bonds is 11. The maximum Gasteiger partial charge on any atom is 0.427 e. The summed E-state index contributed by atoms with van der Waals surface area (Å²) in [4.78, 5) is 45.3. The Hall–Kier alpha value is -3.22. The molecule has 2 amide bonds. The fourth-order valence-corrected chi connectivity index (χ4v) is 4.91. The van der Waals surface area contributed by atoms with E-state index in [1.54, 1.807) is 75.3 Å². The molecule has 0 N–H and O–H groups in total. The number of fused-ring (bicyclic) bond motifs is 1. The first-order chi connectivity index (χ1) is 18.8. The third-order valence-corrected chi connectivity index (χ3v) is 6.39. The molecule has 0 fully saturated rings. The number of ether oxygens (including phenoxy) is 3. The molecule has 0 atom stereocenters. The molecule has 0 aromatic carbocycles. The molecule has 0 saturated carbocycles. The van der Waals surface area contributed by atoms with E-state index < -0.39 is 31.0 Å². The van der Waals surface area contributed by atoms with Crippen LogP contribution in [0.4, 0.5) is 15.5 Å². The Morgan fingerprint density at radius 1 is 0.976 bits per heavy atom. The number of nitrogens with zero attached hydrogens (tertiary/aromatic N) is 5. The van der Waals surface area contributed by atoms with E-state index in [1.165, 1.54) is 24.0 Å². The van der Waals surface area contributed by atoms with Gasteiger partial charge in [-0.2, -0.15) is 14.7 Å². The van der Waals surface area contributed by atoms with Crippen LogP contribution >= 0.6 is 7.60 Å². The molecular weight excluding hydrogens is 557 g/mol. The highest BCUT2D eigenvalue weighted by molar-refractivity contribution is 7.57. The van der Waals surface area contributed by atoms with Crippen molar-refractivity contribution in [1.29, 1.82) is 0 Å². The van der Waals surface area contributed by atoms with Crippen LogP contribution in [0.15, 0.2) is 18.2 Å². The lowest BCUT2D eigenvalue weighted by Gasteiger charge is -2.27. The Morgan fingerprint density at radius 3 is 1.98 bits per heavy atom. The number of amides is 2. The Labute approximate surface area is 240 Å². The fraction of sp³-hybridized carbons (Fsp3) is 0.654. The van der Waals surface area contributed by atoms with E-state index in [0.717, 1.165) is 0 Å². The van der Waals surface area contributed by atoms with Crippen molar-refractivity contribution in [2.45, 2.75) is 99.1 Å². The molecule has 0 unspecified atom stereocenters. The van der Waals surface area contributed by atoms with Crippen LogP contribution in [0, 0.1) is 0 Å². The van der Waals surface area contributed by atoms with Gasteiger partial charge in [0.25, 0.3) is 0 Å². The zero-order valence-electron chi connectivity index (χ0n) is 25.7. The lowest BCUT2D eigenvalue weighted by Crippen LogP contribution is -2.44. The monoisotopic (exact) mass is 599 g/mol. The fourth-order valence-electron chi connectivity index (χ4n) is 3.14. The second-order valence-electron chi connectivity index (χ2n) is 11.4. The molecule has 0 radical (unpaired) electrons. The maximum absolute atomic E-state index is 13.1. The Bertz CT molecular complexity index is 1240. The van der Waals surface area contributed by atoms with Gasteiger partial charge >= 0.3 is 19.8 Å². The van der Waals surface area contributed by atoms with Crippen LogP contribution in [0.5, 0.6) is 5.88 Å². The summed E-state index contributed by atoms with van der Waals surface area (Å²) in [6.45, 7) is 17.1. The second-order valence-corrected chi connectivity index (χ2v) is 13.2. The quantitative estimate of drug-likeness (QED) is 0.224. The number of imidazole rings is 1. The smallest absolute Gasteiger partial charge is 0.427 e. The molecule has 2 aromatic heterocycles. The number of anilines is 1. The predicted molar refractivity (Wildman–Crippen MR) is 152 cm³/mol. The van der Waals surface area contributed by atoms with Crippen LogP contribution in [-0.4, -0.2) is 69.0 Å². The van der Waals surface area contributed by atoms with Crippen LogP contribution in [0.2, 0.25) is 0 Å². The highest BCUT2D eigenvalue weighted by atomic mass is 31.2. The van der Waals surface area contributed by atoms with Crippen molar-refractivity contribution in [2.75, 3.05) is 18.6 Å². The molecule has 0 saturated heterocycles. The molecule has 2 heterocycles. The number of aromatic nitrogens is 4. The van der Waals surface area contributed by atoms with Crippen LogP contribution in [0.25, 0.3) is 11.2 Å². The van der Waals surface area contributed by atoms with Crippen molar-refractivity contribution >= 4 is 36.9 Å². The standard InChI is InChI=1S/C26H42N5O9P/c1-17(2)39-41(34,40-18(3)4)15-13-12-14-36-30-16-27-19-20(30)28-22(29-21(19)35-11)31(23(32)37-25(5,6)7)24(33)38-26(8,9)10/h13,15-18H,12,14H2,1-11H3/b15-13+. The number of hydrogen-bond acceptors (Lipinski definition) is 12. The molecule has 0 aliphatic rings. The summed E-state index contributed by atoms with van der Waals surface area (Å²) in [5.41, 5.74) is -1.51. The van der Waals surface area contributed by atoms with Crippen molar-refractivity contribution in [2.24, 2.45) is 0 Å². The molecule has 0 spiro atoms. The van der Waals surface area contributed by atoms with Gasteiger partial charge in [0.05, 0.1) is 19.3 Å². The van der Waals surface area contributed by atoms with E-state index >= 15 is 0 Å². The van der Waals surface area contributed by atoms with Crippen molar-refractivity contribution in [3.63, 3.8) is 0 Å². The lowest BCUT2D eigenvalue weighted by atomic mass is 10.2. The topological polar surface area (TPSA) is 153 Å². The van der Waals surface area contributed by atoms with Gasteiger partial charge in [0, 0.05) is 12.2 Å². The minimum absolute atomic E-state index is 0.0121. The van der Waals surface area contributed by atoms with Crippen molar-refractivity contribution in [3.8, 4) is 5.88 Å². The molecule has 0 bridgehead atoms. The first-order valence-electron chi connectivity index (χ1n) is 13.2. The van der Waals surface area contributed by atoms with Gasteiger partial charge in [-0.25, -0.2) is 14.6 Å². The SMILES string of the molecule is COc1nc(N(C(=O)OC(C)(C)C)C(=O)OC(C)(C)C)nc2c1ncn2OCC/C=C/P(=O)(OC(C)C)OC(C)C. The zero-order valence-corrected chi connectivity index (χ0v) is 26.6. The molecule has 2 rings (SSSR count). The average Bonchev–Trinajstić information content (AvgIpc) is 3.17. The van der Waals surface area contributed by atoms with Gasteiger partial charge in [0.2, 0.25) is 17.5 Å². The molecule has 230 valence electrons. The van der Waals surface area contributed by atoms with E-state index in [1.807, 2.05) is 0 Å². The molecular formula is C26H42N5O9P. The largest absolute Gasteiger partial charge is 0.479 e. The Balaban J connectivity index is 2.37. The van der Waals surface area contributed by atoms with Gasteiger partial charge in [-0.15, -0.1) is 4.90 Å². The normalized spacial score (nSPS) is 12.8. The summed E-state index contributed by atoms with van der Waals surface area (Å²) >= 11 is 0. The highest BCUT2D eigenvalue weighted by Crippen LogP contribution is 2.52. The van der Waals surface area contributed by atoms with E-state index in [0.29, 0.717) is 11.3 Å². The third kappa shape index (κ3) is 10.6. The highest BCUT2D eigenvalue weighted by Gasteiger charge is 2.36. The van der Waals surface area contributed by atoms with Crippen LogP contribution < -0.4 is 14.5 Å². The van der Waals surface area contributed by atoms with Gasteiger partial charge < -0.3 is 28.1 Å². The van der Waals surface area contributed by atoms with Gasteiger partial charge in [-0.1, -0.05) is 6.08 Å². The van der Waals surface area contributed by atoms with E-state index in [2.05, 4.69) is 15.0 Å². The molecule has 15 heteroatoms.